The van der Waals surface area contributed by atoms with Gasteiger partial charge in [-0.25, -0.2) is 0 Å². The minimum absolute atomic E-state index is 0.0127. The highest BCUT2D eigenvalue weighted by Crippen LogP contribution is 2.09. The van der Waals surface area contributed by atoms with Crippen LogP contribution in [-0.4, -0.2) is 40.1 Å². The summed E-state index contributed by atoms with van der Waals surface area (Å²) in [6, 6.07) is 0.371. The average Bonchev–Trinajstić information content (AvgIpc) is 2.44. The first-order chi connectivity index (χ1) is 10.0. The van der Waals surface area contributed by atoms with Gasteiger partial charge in [0.15, 0.2) is 0 Å². The van der Waals surface area contributed by atoms with Gasteiger partial charge in [0.05, 0.1) is 6.61 Å². The van der Waals surface area contributed by atoms with Crippen molar-refractivity contribution in [2.75, 3.05) is 24.2 Å². The largest absolute Gasteiger partial charge is 0.463 e. The quantitative estimate of drug-likeness (QED) is 0.621. The van der Waals surface area contributed by atoms with Gasteiger partial charge in [0.25, 0.3) is 0 Å². The van der Waals surface area contributed by atoms with Gasteiger partial charge in [-0.15, -0.1) is 0 Å². The highest BCUT2D eigenvalue weighted by atomic mass is 16.5. The Hall–Kier alpha value is -2.12. The molecule has 8 nitrogen and oxygen atoms in total. The first-order valence-electron chi connectivity index (χ1n) is 7.22. The molecule has 0 radical (unpaired) electrons. The van der Waals surface area contributed by atoms with Crippen molar-refractivity contribution in [3.63, 3.8) is 0 Å². The monoisotopic (exact) mass is 296 g/mol. The molecule has 0 aliphatic heterocycles. The maximum absolute atomic E-state index is 11.6. The number of amides is 1. The molecule has 1 unspecified atom stereocenters. The topological polar surface area (TPSA) is 115 Å². The van der Waals surface area contributed by atoms with E-state index < -0.39 is 0 Å². The van der Waals surface area contributed by atoms with Gasteiger partial charge in [0.1, 0.15) is 0 Å². The van der Waals surface area contributed by atoms with Crippen LogP contribution in [0.5, 0.6) is 6.01 Å². The van der Waals surface area contributed by atoms with Crippen molar-refractivity contribution in [3.05, 3.63) is 0 Å². The van der Waals surface area contributed by atoms with E-state index in [9.17, 15) is 4.79 Å². The van der Waals surface area contributed by atoms with E-state index in [-0.39, 0.29) is 23.9 Å². The Bertz CT molecular complexity index is 454. The van der Waals surface area contributed by atoms with Crippen LogP contribution in [0.15, 0.2) is 0 Å². The van der Waals surface area contributed by atoms with Gasteiger partial charge in [0, 0.05) is 19.0 Å². The number of nitrogens with zero attached hydrogens (tertiary/aromatic N) is 3. The number of carbonyl (C=O) groups is 1. The van der Waals surface area contributed by atoms with Crippen molar-refractivity contribution >= 4 is 17.8 Å². The minimum Gasteiger partial charge on any atom is -0.463 e. The number of carbonyl (C=O) groups excluding carboxylic acids is 1. The van der Waals surface area contributed by atoms with Crippen LogP contribution in [0, 0.1) is 0 Å². The summed E-state index contributed by atoms with van der Waals surface area (Å²) in [5.74, 6) is 0.383. The van der Waals surface area contributed by atoms with Crippen LogP contribution in [-0.2, 0) is 4.79 Å². The minimum atomic E-state index is -0.0127. The molecule has 8 heteroatoms. The summed E-state index contributed by atoms with van der Waals surface area (Å²) in [5.41, 5.74) is 5.59. The zero-order chi connectivity index (χ0) is 15.7. The van der Waals surface area contributed by atoms with Gasteiger partial charge >= 0.3 is 6.01 Å². The Labute approximate surface area is 124 Å². The summed E-state index contributed by atoms with van der Waals surface area (Å²) in [6.45, 7) is 6.91. The van der Waals surface area contributed by atoms with Crippen LogP contribution in [0.1, 0.15) is 40.0 Å². The molecule has 0 bridgehead atoms. The highest BCUT2D eigenvalue weighted by molar-refractivity contribution is 5.76. The highest BCUT2D eigenvalue weighted by Gasteiger charge is 2.07. The second kappa shape index (κ2) is 8.93. The Kier molecular flexibility index (Phi) is 7.20. The summed E-state index contributed by atoms with van der Waals surface area (Å²) in [6.07, 6.45) is 2.09. The van der Waals surface area contributed by atoms with E-state index in [1.54, 1.807) is 0 Å². The molecule has 0 aromatic carbocycles. The Morgan fingerprint density at radius 3 is 2.76 bits per heavy atom. The van der Waals surface area contributed by atoms with Gasteiger partial charge in [-0.3, -0.25) is 4.79 Å². The van der Waals surface area contributed by atoms with Crippen molar-refractivity contribution in [1.29, 1.82) is 0 Å². The van der Waals surface area contributed by atoms with Gasteiger partial charge in [-0.2, -0.15) is 15.0 Å². The number of hydrogen-bond acceptors (Lipinski definition) is 7. The molecule has 1 heterocycles. The summed E-state index contributed by atoms with van der Waals surface area (Å²) >= 11 is 0. The number of anilines is 2. The smallest absolute Gasteiger partial charge is 0.323 e. The number of hydrogen-bond donors (Lipinski definition) is 3. The molecule has 1 aromatic heterocycles. The number of rotatable bonds is 9. The summed E-state index contributed by atoms with van der Waals surface area (Å²) in [4.78, 5) is 23.5. The maximum Gasteiger partial charge on any atom is 0.323 e. The van der Waals surface area contributed by atoms with Crippen LogP contribution >= 0.6 is 0 Å². The lowest BCUT2D eigenvalue weighted by Crippen LogP contribution is -2.33. The standard InChI is InChI=1S/C13H24N6O2/c1-4-8-21-13-18-11(14)17-12(19-13)15-7-6-10(20)16-9(3)5-2/h9H,4-8H2,1-3H3,(H,16,20)(H3,14,15,17,18,19). The molecule has 21 heavy (non-hydrogen) atoms. The molecule has 0 aliphatic carbocycles. The van der Waals surface area contributed by atoms with E-state index in [1.165, 1.54) is 0 Å². The van der Waals surface area contributed by atoms with Crippen molar-refractivity contribution in [2.45, 2.75) is 46.1 Å². The van der Waals surface area contributed by atoms with Gasteiger partial charge in [-0.1, -0.05) is 13.8 Å². The second-order valence-corrected chi connectivity index (χ2v) is 4.70. The number of nitrogens with two attached hydrogens (primary N) is 1. The van der Waals surface area contributed by atoms with E-state index in [4.69, 9.17) is 10.5 Å². The second-order valence-electron chi connectivity index (χ2n) is 4.70. The van der Waals surface area contributed by atoms with Crippen molar-refractivity contribution in [2.24, 2.45) is 0 Å². The Balaban J connectivity index is 2.44. The van der Waals surface area contributed by atoms with E-state index >= 15 is 0 Å². The SMILES string of the molecule is CCCOc1nc(N)nc(NCCC(=O)NC(C)CC)n1. The van der Waals surface area contributed by atoms with Crippen molar-refractivity contribution in [1.82, 2.24) is 20.3 Å². The molecule has 1 aromatic rings. The molecule has 0 spiro atoms. The van der Waals surface area contributed by atoms with E-state index in [1.807, 2.05) is 20.8 Å². The molecule has 0 aliphatic rings. The van der Waals surface area contributed by atoms with E-state index in [0.717, 1.165) is 12.8 Å². The number of nitrogens with one attached hydrogen (secondary N) is 2. The number of aromatic nitrogens is 3. The van der Waals surface area contributed by atoms with Crippen LogP contribution in [0.3, 0.4) is 0 Å². The van der Waals surface area contributed by atoms with Crippen molar-refractivity contribution in [3.8, 4) is 6.01 Å². The summed E-state index contributed by atoms with van der Waals surface area (Å²) < 4.78 is 5.31. The number of ether oxygens (including phenoxy) is 1. The predicted octanol–water partition coefficient (Wildman–Crippen LogP) is 0.959. The third-order valence-electron chi connectivity index (χ3n) is 2.72. The van der Waals surface area contributed by atoms with Crippen LogP contribution in [0.2, 0.25) is 0 Å². The molecule has 0 fully saturated rings. The zero-order valence-corrected chi connectivity index (χ0v) is 12.8. The van der Waals surface area contributed by atoms with Crippen molar-refractivity contribution < 1.29 is 9.53 Å². The Morgan fingerprint density at radius 1 is 1.33 bits per heavy atom. The lowest BCUT2D eigenvalue weighted by Gasteiger charge is -2.11. The molecular formula is C13H24N6O2. The molecule has 1 rings (SSSR count). The molecule has 0 saturated carbocycles. The molecular weight excluding hydrogens is 272 g/mol. The lowest BCUT2D eigenvalue weighted by molar-refractivity contribution is -0.121. The lowest BCUT2D eigenvalue weighted by atomic mass is 10.2. The van der Waals surface area contributed by atoms with Gasteiger partial charge in [-0.05, 0) is 19.8 Å². The van der Waals surface area contributed by atoms with Gasteiger partial charge < -0.3 is 21.1 Å². The van der Waals surface area contributed by atoms with Gasteiger partial charge in [0.2, 0.25) is 17.8 Å². The first kappa shape index (κ1) is 16.9. The molecule has 118 valence electrons. The van der Waals surface area contributed by atoms with Crippen LogP contribution in [0.25, 0.3) is 0 Å². The fourth-order valence-corrected chi connectivity index (χ4v) is 1.45. The third kappa shape index (κ3) is 6.73. The van der Waals surface area contributed by atoms with E-state index in [0.29, 0.717) is 25.5 Å². The van der Waals surface area contributed by atoms with E-state index in [2.05, 4.69) is 25.6 Å². The summed E-state index contributed by atoms with van der Waals surface area (Å²) in [7, 11) is 0. The number of nitrogen functional groups attached to an aromatic ring is 1. The average molecular weight is 296 g/mol. The maximum atomic E-state index is 11.6. The van der Waals surface area contributed by atoms with Crippen LogP contribution in [0.4, 0.5) is 11.9 Å². The Morgan fingerprint density at radius 2 is 2.10 bits per heavy atom. The zero-order valence-electron chi connectivity index (χ0n) is 12.8. The van der Waals surface area contributed by atoms with Crippen LogP contribution < -0.4 is 21.1 Å². The molecule has 4 N–H and O–H groups in total. The first-order valence-corrected chi connectivity index (χ1v) is 7.22. The normalized spacial score (nSPS) is 11.8. The fourth-order valence-electron chi connectivity index (χ4n) is 1.45. The molecule has 1 amide bonds. The summed E-state index contributed by atoms with van der Waals surface area (Å²) in [5, 5.41) is 5.83. The third-order valence-corrected chi connectivity index (χ3v) is 2.72. The molecule has 1 atom stereocenters. The molecule has 0 saturated heterocycles. The fraction of sp³-hybridized carbons (Fsp3) is 0.692. The predicted molar refractivity (Wildman–Crippen MR) is 81.0 cm³/mol.